The van der Waals surface area contributed by atoms with Crippen molar-refractivity contribution in [1.29, 1.82) is 0 Å². The topological polar surface area (TPSA) is 72.2 Å². The molecular weight excluding hydrogens is 236 g/mol. The summed E-state index contributed by atoms with van der Waals surface area (Å²) in [6.45, 7) is 2.30. The third kappa shape index (κ3) is 3.17. The van der Waals surface area contributed by atoms with Gasteiger partial charge in [0.25, 0.3) is 0 Å². The van der Waals surface area contributed by atoms with Crippen LogP contribution in [0.2, 0.25) is 5.02 Å². The Morgan fingerprint density at radius 2 is 2.13 bits per heavy atom. The maximum Gasteiger partial charge on any atom is 0.242 e. The Kier molecular flexibility index (Phi) is 4.10. The fourth-order valence-corrected chi connectivity index (χ4v) is 2.74. The van der Waals surface area contributed by atoms with Crippen LogP contribution in [0.1, 0.15) is 5.56 Å². The predicted octanol–water partition coefficient (Wildman–Crippen LogP) is 0.885. The van der Waals surface area contributed by atoms with Crippen LogP contribution in [0.15, 0.2) is 23.1 Å². The van der Waals surface area contributed by atoms with Gasteiger partial charge >= 0.3 is 0 Å². The van der Waals surface area contributed by atoms with Crippen LogP contribution < -0.4 is 10.5 Å². The zero-order valence-corrected chi connectivity index (χ0v) is 9.90. The van der Waals surface area contributed by atoms with Crippen LogP contribution in [0.25, 0.3) is 0 Å². The summed E-state index contributed by atoms with van der Waals surface area (Å²) in [7, 11) is -3.53. The predicted molar refractivity (Wildman–Crippen MR) is 60.4 cm³/mol. The van der Waals surface area contributed by atoms with Gasteiger partial charge in [-0.05, 0) is 24.6 Å². The minimum atomic E-state index is -3.53. The molecule has 15 heavy (non-hydrogen) atoms. The third-order valence-corrected chi connectivity index (χ3v) is 3.76. The molecule has 0 amide bonds. The summed E-state index contributed by atoms with van der Waals surface area (Å²) in [5.74, 6) is 0. The molecule has 0 saturated carbocycles. The first kappa shape index (κ1) is 12.4. The molecule has 0 saturated heterocycles. The molecular formula is C9H13ClN2O2S. The first-order valence-electron chi connectivity index (χ1n) is 4.43. The largest absolute Gasteiger partial charge is 0.329 e. The molecule has 0 bridgehead atoms. The van der Waals surface area contributed by atoms with Crippen LogP contribution in [-0.4, -0.2) is 21.5 Å². The van der Waals surface area contributed by atoms with Gasteiger partial charge in [-0.1, -0.05) is 17.7 Å². The highest BCUT2D eigenvalue weighted by Crippen LogP contribution is 2.21. The van der Waals surface area contributed by atoms with E-state index in [0.29, 0.717) is 0 Å². The Morgan fingerprint density at radius 3 is 2.67 bits per heavy atom. The molecule has 0 aliphatic heterocycles. The molecule has 0 radical (unpaired) electrons. The zero-order valence-electron chi connectivity index (χ0n) is 8.33. The maximum atomic E-state index is 11.7. The van der Waals surface area contributed by atoms with Crippen molar-refractivity contribution in [3.05, 3.63) is 28.8 Å². The van der Waals surface area contributed by atoms with E-state index in [4.69, 9.17) is 17.3 Å². The Morgan fingerprint density at radius 1 is 1.47 bits per heavy atom. The first-order chi connectivity index (χ1) is 6.97. The molecule has 1 aromatic carbocycles. The van der Waals surface area contributed by atoms with Gasteiger partial charge in [0.15, 0.2) is 0 Å². The lowest BCUT2D eigenvalue weighted by molar-refractivity contribution is 0.582. The molecule has 0 aromatic heterocycles. The number of halogens is 1. The Hall–Kier alpha value is -0.620. The van der Waals surface area contributed by atoms with Crippen LogP contribution in [0.5, 0.6) is 0 Å². The Labute approximate surface area is 94.5 Å². The second-order valence-corrected chi connectivity index (χ2v) is 5.26. The highest BCUT2D eigenvalue weighted by Gasteiger charge is 2.16. The van der Waals surface area contributed by atoms with Crippen molar-refractivity contribution in [2.75, 3.05) is 13.1 Å². The van der Waals surface area contributed by atoms with Crippen molar-refractivity contribution in [3.8, 4) is 0 Å². The molecule has 84 valence electrons. The number of rotatable bonds is 4. The summed E-state index contributed by atoms with van der Waals surface area (Å²) in [5.41, 5.74) is 6.13. The minimum Gasteiger partial charge on any atom is -0.329 e. The third-order valence-electron chi connectivity index (χ3n) is 1.81. The van der Waals surface area contributed by atoms with Gasteiger partial charge in [-0.25, -0.2) is 13.1 Å². The molecule has 1 aromatic rings. The van der Waals surface area contributed by atoms with Crippen LogP contribution in [-0.2, 0) is 10.0 Å². The summed E-state index contributed by atoms with van der Waals surface area (Å²) in [5, 5.41) is 0.222. The van der Waals surface area contributed by atoms with Crippen LogP contribution in [0.4, 0.5) is 0 Å². The number of nitrogens with two attached hydrogens (primary N) is 1. The number of aryl methyl sites for hydroxylation is 1. The van der Waals surface area contributed by atoms with Gasteiger partial charge in [-0.3, -0.25) is 0 Å². The van der Waals surface area contributed by atoms with E-state index in [1.54, 1.807) is 12.1 Å². The quantitative estimate of drug-likeness (QED) is 0.831. The number of hydrogen-bond acceptors (Lipinski definition) is 3. The average molecular weight is 249 g/mol. The summed E-state index contributed by atoms with van der Waals surface area (Å²) in [4.78, 5) is 0.0863. The van der Waals surface area contributed by atoms with Gasteiger partial charge in [0.2, 0.25) is 10.0 Å². The first-order valence-corrected chi connectivity index (χ1v) is 6.29. The SMILES string of the molecule is Cc1ccc(S(=O)(=O)NCCN)c(Cl)c1. The summed E-state index contributed by atoms with van der Waals surface area (Å²) >= 11 is 5.84. The molecule has 1 rings (SSSR count). The van der Waals surface area contributed by atoms with Crippen molar-refractivity contribution in [1.82, 2.24) is 4.72 Å². The van der Waals surface area contributed by atoms with Crippen molar-refractivity contribution >= 4 is 21.6 Å². The van der Waals surface area contributed by atoms with Crippen molar-refractivity contribution in [3.63, 3.8) is 0 Å². The smallest absolute Gasteiger partial charge is 0.242 e. The molecule has 0 spiro atoms. The van der Waals surface area contributed by atoms with E-state index in [1.165, 1.54) is 6.07 Å². The zero-order chi connectivity index (χ0) is 11.5. The van der Waals surface area contributed by atoms with Gasteiger partial charge in [0.1, 0.15) is 4.90 Å². The second-order valence-electron chi connectivity index (χ2n) is 3.12. The van der Waals surface area contributed by atoms with E-state index >= 15 is 0 Å². The fourth-order valence-electron chi connectivity index (χ4n) is 1.09. The minimum absolute atomic E-state index is 0.0863. The number of sulfonamides is 1. The van der Waals surface area contributed by atoms with E-state index in [2.05, 4.69) is 4.72 Å². The number of hydrogen-bond donors (Lipinski definition) is 2. The summed E-state index contributed by atoms with van der Waals surface area (Å²) in [6.07, 6.45) is 0. The fraction of sp³-hybridized carbons (Fsp3) is 0.333. The lowest BCUT2D eigenvalue weighted by Crippen LogP contribution is -2.29. The molecule has 0 aliphatic rings. The molecule has 0 aliphatic carbocycles. The highest BCUT2D eigenvalue weighted by atomic mass is 35.5. The van der Waals surface area contributed by atoms with Crippen molar-refractivity contribution in [2.45, 2.75) is 11.8 Å². The van der Waals surface area contributed by atoms with Gasteiger partial charge in [-0.2, -0.15) is 0 Å². The molecule has 4 nitrogen and oxygen atoms in total. The van der Waals surface area contributed by atoms with Gasteiger partial charge < -0.3 is 5.73 Å². The molecule has 0 heterocycles. The Bertz CT molecular complexity index is 445. The van der Waals surface area contributed by atoms with E-state index in [9.17, 15) is 8.42 Å². The second kappa shape index (κ2) is 4.94. The lowest BCUT2D eigenvalue weighted by Gasteiger charge is -2.07. The highest BCUT2D eigenvalue weighted by molar-refractivity contribution is 7.89. The lowest BCUT2D eigenvalue weighted by atomic mass is 10.2. The molecule has 6 heteroatoms. The maximum absolute atomic E-state index is 11.7. The van der Waals surface area contributed by atoms with E-state index in [0.717, 1.165) is 5.56 Å². The van der Waals surface area contributed by atoms with E-state index in [1.807, 2.05) is 6.92 Å². The van der Waals surface area contributed by atoms with Crippen molar-refractivity contribution < 1.29 is 8.42 Å². The Balaban J connectivity index is 3.05. The van der Waals surface area contributed by atoms with Gasteiger partial charge in [0.05, 0.1) is 5.02 Å². The summed E-state index contributed by atoms with van der Waals surface area (Å²) < 4.78 is 25.7. The number of nitrogens with one attached hydrogen (secondary N) is 1. The molecule has 0 fully saturated rings. The summed E-state index contributed by atoms with van der Waals surface area (Å²) in [6, 6.07) is 4.79. The van der Waals surface area contributed by atoms with Crippen LogP contribution >= 0.6 is 11.6 Å². The molecule has 0 atom stereocenters. The normalized spacial score (nSPS) is 11.7. The van der Waals surface area contributed by atoms with Crippen LogP contribution in [0.3, 0.4) is 0 Å². The molecule has 3 N–H and O–H groups in total. The van der Waals surface area contributed by atoms with Gasteiger partial charge in [-0.15, -0.1) is 0 Å². The average Bonchev–Trinajstić information content (AvgIpc) is 2.14. The van der Waals surface area contributed by atoms with Crippen LogP contribution in [0, 0.1) is 6.92 Å². The van der Waals surface area contributed by atoms with Crippen molar-refractivity contribution in [2.24, 2.45) is 5.73 Å². The standard InChI is InChI=1S/C9H13ClN2O2S/c1-7-2-3-9(8(10)6-7)15(13,14)12-5-4-11/h2-3,6,12H,4-5,11H2,1H3. The van der Waals surface area contributed by atoms with E-state index in [-0.39, 0.29) is 23.0 Å². The van der Waals surface area contributed by atoms with E-state index < -0.39 is 10.0 Å². The molecule has 0 unspecified atom stereocenters. The monoisotopic (exact) mass is 248 g/mol. The van der Waals surface area contributed by atoms with Gasteiger partial charge in [0, 0.05) is 13.1 Å². The number of benzene rings is 1.